The van der Waals surface area contributed by atoms with E-state index in [-0.39, 0.29) is 5.91 Å². The number of carbonyl (C=O) groups excluding carboxylic acids is 1. The van der Waals surface area contributed by atoms with Crippen LogP contribution >= 0.6 is 11.3 Å². The van der Waals surface area contributed by atoms with Gasteiger partial charge in [-0.2, -0.15) is 0 Å². The Morgan fingerprint density at radius 1 is 1.39 bits per heavy atom. The Morgan fingerprint density at radius 2 is 2.26 bits per heavy atom. The molecule has 0 saturated heterocycles. The zero-order chi connectivity index (χ0) is 16.2. The Hall–Kier alpha value is -1.85. The number of methoxy groups -OCH3 is 1. The molecule has 3 rings (SSSR count). The van der Waals surface area contributed by atoms with Crippen molar-refractivity contribution in [2.45, 2.75) is 32.6 Å². The van der Waals surface area contributed by atoms with Crippen LogP contribution in [0.4, 0.5) is 0 Å². The van der Waals surface area contributed by atoms with Gasteiger partial charge < -0.3 is 14.4 Å². The maximum atomic E-state index is 12.6. The molecule has 0 aliphatic carbocycles. The van der Waals surface area contributed by atoms with E-state index in [1.54, 1.807) is 18.4 Å². The van der Waals surface area contributed by atoms with Crippen molar-refractivity contribution in [3.05, 3.63) is 51.7 Å². The summed E-state index contributed by atoms with van der Waals surface area (Å²) in [5, 5.41) is 2.10. The highest BCUT2D eigenvalue weighted by molar-refractivity contribution is 7.10. The molecule has 1 aromatic carbocycles. The molecule has 1 aliphatic heterocycles. The lowest BCUT2D eigenvalue weighted by Gasteiger charge is -2.29. The number of fused-ring (bicyclic) bond motifs is 1. The molecule has 23 heavy (non-hydrogen) atoms. The van der Waals surface area contributed by atoms with Crippen LogP contribution in [0.15, 0.2) is 35.7 Å². The second-order valence-electron chi connectivity index (χ2n) is 5.68. The molecule has 0 radical (unpaired) electrons. The van der Waals surface area contributed by atoms with Gasteiger partial charge in [0.1, 0.15) is 11.9 Å². The van der Waals surface area contributed by atoms with E-state index >= 15 is 0 Å². The monoisotopic (exact) mass is 331 g/mol. The van der Waals surface area contributed by atoms with Gasteiger partial charge in [-0.3, -0.25) is 4.79 Å². The number of carbonyl (C=O) groups is 1. The zero-order valence-corrected chi connectivity index (χ0v) is 14.3. The number of ether oxygens (including phenoxy) is 2. The molecule has 1 aromatic heterocycles. The van der Waals surface area contributed by atoms with Gasteiger partial charge in [0.05, 0.1) is 13.7 Å². The first-order valence-electron chi connectivity index (χ1n) is 7.76. The molecule has 0 bridgehead atoms. The standard InChI is InChI=1S/C18H21NO3S/c1-13(22-12-14-4-3-5-16(10-14)21-2)18(20)19-8-6-17-15(11-19)7-9-23-17/h3-5,7,9-10,13H,6,8,11-12H2,1-2H3/t13-/m1/s1. The first kappa shape index (κ1) is 16.0. The van der Waals surface area contributed by atoms with Crippen LogP contribution in [-0.2, 0) is 29.1 Å². The minimum absolute atomic E-state index is 0.0600. The maximum absolute atomic E-state index is 12.6. The Balaban J connectivity index is 1.55. The third-order valence-electron chi connectivity index (χ3n) is 4.10. The molecule has 0 fully saturated rings. The van der Waals surface area contributed by atoms with Crippen molar-refractivity contribution in [1.29, 1.82) is 0 Å². The average Bonchev–Trinajstić information content (AvgIpc) is 3.06. The summed E-state index contributed by atoms with van der Waals surface area (Å²) in [7, 11) is 1.64. The van der Waals surface area contributed by atoms with Crippen LogP contribution in [0.3, 0.4) is 0 Å². The lowest BCUT2D eigenvalue weighted by atomic mass is 10.1. The van der Waals surface area contributed by atoms with Crippen molar-refractivity contribution in [3.8, 4) is 5.75 Å². The zero-order valence-electron chi connectivity index (χ0n) is 13.5. The summed E-state index contributed by atoms with van der Waals surface area (Å²) in [6, 6.07) is 9.83. The molecule has 0 unspecified atom stereocenters. The summed E-state index contributed by atoms with van der Waals surface area (Å²) in [6.45, 7) is 3.71. The summed E-state index contributed by atoms with van der Waals surface area (Å²) in [5.74, 6) is 0.857. The molecule has 122 valence electrons. The van der Waals surface area contributed by atoms with Gasteiger partial charge in [0.15, 0.2) is 0 Å². The highest BCUT2D eigenvalue weighted by Crippen LogP contribution is 2.24. The number of hydrogen-bond donors (Lipinski definition) is 0. The molecule has 0 saturated carbocycles. The third kappa shape index (κ3) is 3.74. The number of amides is 1. The number of thiophene rings is 1. The molecule has 1 atom stereocenters. The average molecular weight is 331 g/mol. The van der Waals surface area contributed by atoms with E-state index in [0.29, 0.717) is 13.2 Å². The van der Waals surface area contributed by atoms with E-state index in [2.05, 4.69) is 11.4 Å². The van der Waals surface area contributed by atoms with Crippen LogP contribution in [0, 0.1) is 0 Å². The fourth-order valence-electron chi connectivity index (χ4n) is 2.75. The summed E-state index contributed by atoms with van der Waals surface area (Å²) < 4.78 is 11.0. The second-order valence-corrected chi connectivity index (χ2v) is 6.68. The Morgan fingerprint density at radius 3 is 3.09 bits per heavy atom. The van der Waals surface area contributed by atoms with E-state index in [9.17, 15) is 4.79 Å². The third-order valence-corrected chi connectivity index (χ3v) is 5.12. The fraction of sp³-hybridized carbons (Fsp3) is 0.389. The van der Waals surface area contributed by atoms with Crippen molar-refractivity contribution < 1.29 is 14.3 Å². The van der Waals surface area contributed by atoms with E-state index < -0.39 is 6.10 Å². The topological polar surface area (TPSA) is 38.8 Å². The minimum atomic E-state index is -0.443. The van der Waals surface area contributed by atoms with Crippen molar-refractivity contribution in [1.82, 2.24) is 4.90 Å². The van der Waals surface area contributed by atoms with Crippen molar-refractivity contribution in [3.63, 3.8) is 0 Å². The van der Waals surface area contributed by atoms with Gasteiger partial charge in [-0.05, 0) is 48.1 Å². The summed E-state index contributed by atoms with van der Waals surface area (Å²) in [5.41, 5.74) is 2.28. The first-order valence-corrected chi connectivity index (χ1v) is 8.64. The molecule has 0 spiro atoms. The van der Waals surface area contributed by atoms with E-state index in [1.165, 1.54) is 10.4 Å². The van der Waals surface area contributed by atoms with Crippen molar-refractivity contribution >= 4 is 17.2 Å². The van der Waals surface area contributed by atoms with Gasteiger partial charge in [-0.15, -0.1) is 11.3 Å². The van der Waals surface area contributed by atoms with Crippen LogP contribution in [0.25, 0.3) is 0 Å². The molecule has 1 aliphatic rings. The molecular formula is C18H21NO3S. The van der Waals surface area contributed by atoms with E-state index in [1.807, 2.05) is 36.1 Å². The van der Waals surface area contributed by atoms with E-state index in [0.717, 1.165) is 24.3 Å². The lowest BCUT2D eigenvalue weighted by molar-refractivity contribution is -0.144. The lowest BCUT2D eigenvalue weighted by Crippen LogP contribution is -2.41. The van der Waals surface area contributed by atoms with Crippen LogP contribution in [0.5, 0.6) is 5.75 Å². The number of benzene rings is 1. The Labute approximate surface area is 140 Å². The first-order chi connectivity index (χ1) is 11.2. The largest absolute Gasteiger partial charge is 0.497 e. The minimum Gasteiger partial charge on any atom is -0.497 e. The van der Waals surface area contributed by atoms with Crippen molar-refractivity contribution in [2.24, 2.45) is 0 Å². The van der Waals surface area contributed by atoms with E-state index in [4.69, 9.17) is 9.47 Å². The van der Waals surface area contributed by atoms with Crippen LogP contribution in [0.1, 0.15) is 22.9 Å². The Bertz CT molecular complexity index is 682. The van der Waals surface area contributed by atoms with Gasteiger partial charge in [0.2, 0.25) is 0 Å². The number of rotatable bonds is 5. The Kier molecular flexibility index (Phi) is 4.98. The molecular weight excluding hydrogens is 310 g/mol. The van der Waals surface area contributed by atoms with Gasteiger partial charge in [0, 0.05) is 18.0 Å². The highest BCUT2D eigenvalue weighted by Gasteiger charge is 2.25. The number of hydrogen-bond acceptors (Lipinski definition) is 4. The smallest absolute Gasteiger partial charge is 0.251 e. The van der Waals surface area contributed by atoms with Gasteiger partial charge in [0.25, 0.3) is 5.91 Å². The van der Waals surface area contributed by atoms with Crippen molar-refractivity contribution in [2.75, 3.05) is 13.7 Å². The summed E-state index contributed by atoms with van der Waals surface area (Å²) in [4.78, 5) is 15.8. The van der Waals surface area contributed by atoms with Crippen LogP contribution in [-0.4, -0.2) is 30.6 Å². The molecule has 2 aromatic rings. The van der Waals surface area contributed by atoms with Gasteiger partial charge >= 0.3 is 0 Å². The maximum Gasteiger partial charge on any atom is 0.251 e. The fourth-order valence-corrected chi connectivity index (χ4v) is 3.64. The quantitative estimate of drug-likeness (QED) is 0.844. The second kappa shape index (κ2) is 7.15. The predicted octanol–water partition coefficient (Wildman–Crippen LogP) is 3.25. The van der Waals surface area contributed by atoms with Gasteiger partial charge in [-0.1, -0.05) is 12.1 Å². The SMILES string of the molecule is COc1cccc(CO[C@H](C)C(=O)N2CCc3sccc3C2)c1. The summed E-state index contributed by atoms with van der Waals surface area (Å²) >= 11 is 1.78. The van der Waals surface area contributed by atoms with Crippen LogP contribution in [0.2, 0.25) is 0 Å². The molecule has 1 amide bonds. The molecule has 2 heterocycles. The predicted molar refractivity (Wildman–Crippen MR) is 90.7 cm³/mol. The molecule has 4 nitrogen and oxygen atoms in total. The highest BCUT2D eigenvalue weighted by atomic mass is 32.1. The van der Waals surface area contributed by atoms with Gasteiger partial charge in [-0.25, -0.2) is 0 Å². The number of nitrogens with zero attached hydrogens (tertiary/aromatic N) is 1. The molecule has 0 N–H and O–H groups in total. The summed E-state index contributed by atoms with van der Waals surface area (Å²) in [6.07, 6.45) is 0.503. The molecule has 5 heteroatoms. The van der Waals surface area contributed by atoms with Crippen LogP contribution < -0.4 is 4.74 Å². The normalized spacial score (nSPS) is 15.1.